The average molecular weight is 430 g/mol. The highest BCUT2D eigenvalue weighted by atomic mass is 16.7. The van der Waals surface area contributed by atoms with Crippen LogP contribution in [0.3, 0.4) is 0 Å². The minimum absolute atomic E-state index is 0.153. The molecule has 0 bridgehead atoms. The minimum atomic E-state index is -0.272. The van der Waals surface area contributed by atoms with Crippen LogP contribution in [0.15, 0.2) is 28.9 Å². The third-order valence-electron chi connectivity index (χ3n) is 5.00. The van der Waals surface area contributed by atoms with Gasteiger partial charge in [0, 0.05) is 18.7 Å². The highest BCUT2D eigenvalue weighted by Gasteiger charge is 2.23. The van der Waals surface area contributed by atoms with E-state index in [-0.39, 0.29) is 30.8 Å². The summed E-state index contributed by atoms with van der Waals surface area (Å²) in [5.74, 6) is 2.03. The van der Waals surface area contributed by atoms with E-state index in [1.54, 1.807) is 23.1 Å². The lowest BCUT2D eigenvalue weighted by atomic mass is 10.1. The third kappa shape index (κ3) is 6.23. The summed E-state index contributed by atoms with van der Waals surface area (Å²) in [5, 5.41) is 2.84. The van der Waals surface area contributed by atoms with Gasteiger partial charge in [0.1, 0.15) is 6.26 Å². The van der Waals surface area contributed by atoms with Crippen molar-refractivity contribution in [3.8, 4) is 11.5 Å². The number of nitrogens with one attached hydrogen (secondary N) is 1. The van der Waals surface area contributed by atoms with Crippen molar-refractivity contribution < 1.29 is 23.5 Å². The van der Waals surface area contributed by atoms with Crippen LogP contribution in [0.5, 0.6) is 11.5 Å². The molecule has 8 nitrogen and oxygen atoms in total. The lowest BCUT2D eigenvalue weighted by molar-refractivity contribution is 0.0719. The summed E-state index contributed by atoms with van der Waals surface area (Å²) in [5.41, 5.74) is 0.726. The van der Waals surface area contributed by atoms with Crippen molar-refractivity contribution in [3.63, 3.8) is 0 Å². The molecule has 1 aromatic carbocycles. The quantitative estimate of drug-likeness (QED) is 0.616. The van der Waals surface area contributed by atoms with Crippen LogP contribution < -0.4 is 14.8 Å². The number of carbonyl (C=O) groups is 2. The van der Waals surface area contributed by atoms with Crippen LogP contribution in [0.25, 0.3) is 0 Å². The Bertz CT molecular complexity index is 906. The van der Waals surface area contributed by atoms with E-state index < -0.39 is 0 Å². The number of hydrogen-bond donors (Lipinski definition) is 1. The molecule has 0 radical (unpaired) electrons. The van der Waals surface area contributed by atoms with Crippen molar-refractivity contribution in [2.75, 3.05) is 19.9 Å². The number of nitrogens with zero attached hydrogens (tertiary/aromatic N) is 2. The molecule has 2 heterocycles. The van der Waals surface area contributed by atoms with Gasteiger partial charge in [-0.2, -0.15) is 0 Å². The van der Waals surface area contributed by atoms with Crippen LogP contribution >= 0.6 is 0 Å². The number of fused-ring (bicyclic) bond motifs is 1. The zero-order chi connectivity index (χ0) is 22.4. The summed E-state index contributed by atoms with van der Waals surface area (Å²) in [4.78, 5) is 31.4. The molecule has 3 rings (SSSR count). The van der Waals surface area contributed by atoms with Crippen molar-refractivity contribution in [3.05, 3.63) is 41.6 Å². The lowest BCUT2D eigenvalue weighted by Crippen LogP contribution is -2.32. The van der Waals surface area contributed by atoms with Gasteiger partial charge in [0.25, 0.3) is 11.8 Å². The maximum atomic E-state index is 13.2. The normalized spacial score (nSPS) is 12.5. The maximum absolute atomic E-state index is 13.2. The molecular weight excluding hydrogens is 398 g/mol. The predicted octanol–water partition coefficient (Wildman–Crippen LogP) is 3.87. The van der Waals surface area contributed by atoms with Gasteiger partial charge in [-0.05, 0) is 42.9 Å². The fourth-order valence-electron chi connectivity index (χ4n) is 3.09. The van der Waals surface area contributed by atoms with Crippen molar-refractivity contribution in [2.24, 2.45) is 11.8 Å². The van der Waals surface area contributed by atoms with E-state index in [0.29, 0.717) is 47.9 Å². The van der Waals surface area contributed by atoms with Gasteiger partial charge in [-0.25, -0.2) is 4.98 Å². The van der Waals surface area contributed by atoms with E-state index in [9.17, 15) is 9.59 Å². The Morgan fingerprint density at radius 3 is 2.58 bits per heavy atom. The first kappa shape index (κ1) is 22.7. The zero-order valence-electron chi connectivity index (χ0n) is 18.6. The smallest absolute Gasteiger partial charge is 0.273 e. The molecule has 0 spiro atoms. The molecule has 0 saturated carbocycles. The lowest BCUT2D eigenvalue weighted by Gasteiger charge is -2.22. The fourth-order valence-corrected chi connectivity index (χ4v) is 3.09. The standard InChI is InChI=1S/C23H31N3O5/c1-15(2)7-9-24-22(27)18-13-29-21(25-18)12-26(10-8-16(3)4)23(28)17-5-6-19-20(11-17)31-14-30-19/h5-6,11,13,15-16H,7-10,12,14H2,1-4H3,(H,24,27). The molecular formula is C23H31N3O5. The van der Waals surface area contributed by atoms with Crippen molar-refractivity contribution in [2.45, 2.75) is 47.1 Å². The highest BCUT2D eigenvalue weighted by molar-refractivity contribution is 5.95. The van der Waals surface area contributed by atoms with Gasteiger partial charge >= 0.3 is 0 Å². The third-order valence-corrected chi connectivity index (χ3v) is 5.00. The summed E-state index contributed by atoms with van der Waals surface area (Å²) >= 11 is 0. The average Bonchev–Trinajstić information content (AvgIpc) is 3.38. The van der Waals surface area contributed by atoms with E-state index in [2.05, 4.69) is 38.0 Å². The Hall–Kier alpha value is -3.03. The van der Waals surface area contributed by atoms with Gasteiger partial charge in [-0.15, -0.1) is 0 Å². The summed E-state index contributed by atoms with van der Waals surface area (Å²) in [6.45, 7) is 9.88. The first-order valence-corrected chi connectivity index (χ1v) is 10.7. The first-order chi connectivity index (χ1) is 14.8. The Kier molecular flexibility index (Phi) is 7.55. The number of ether oxygens (including phenoxy) is 2. The first-order valence-electron chi connectivity index (χ1n) is 10.7. The second-order valence-corrected chi connectivity index (χ2v) is 8.54. The molecule has 0 aliphatic carbocycles. The maximum Gasteiger partial charge on any atom is 0.273 e. The van der Waals surface area contributed by atoms with Gasteiger partial charge in [0.05, 0.1) is 6.54 Å². The van der Waals surface area contributed by atoms with Crippen molar-refractivity contribution in [1.82, 2.24) is 15.2 Å². The molecule has 0 unspecified atom stereocenters. The van der Waals surface area contributed by atoms with E-state index in [4.69, 9.17) is 13.9 Å². The summed E-state index contributed by atoms with van der Waals surface area (Å²) < 4.78 is 16.2. The number of aromatic nitrogens is 1. The van der Waals surface area contributed by atoms with E-state index in [0.717, 1.165) is 12.8 Å². The fraction of sp³-hybridized carbons (Fsp3) is 0.522. The van der Waals surface area contributed by atoms with E-state index in [1.807, 2.05) is 0 Å². The molecule has 0 atom stereocenters. The number of amides is 2. The van der Waals surface area contributed by atoms with Gasteiger partial charge in [0.15, 0.2) is 17.2 Å². The van der Waals surface area contributed by atoms with Gasteiger partial charge in [-0.3, -0.25) is 9.59 Å². The minimum Gasteiger partial charge on any atom is -0.454 e. The summed E-state index contributed by atoms with van der Waals surface area (Å²) in [7, 11) is 0. The number of hydrogen-bond acceptors (Lipinski definition) is 6. The number of carbonyl (C=O) groups excluding carboxylic acids is 2. The molecule has 1 aliphatic heterocycles. The summed E-state index contributed by atoms with van der Waals surface area (Å²) in [6, 6.07) is 5.15. The number of rotatable bonds is 10. The Morgan fingerprint density at radius 2 is 1.84 bits per heavy atom. The summed E-state index contributed by atoms with van der Waals surface area (Å²) in [6.07, 6.45) is 3.06. The van der Waals surface area contributed by atoms with Gasteiger partial charge in [-0.1, -0.05) is 27.7 Å². The largest absolute Gasteiger partial charge is 0.454 e. The molecule has 1 aromatic heterocycles. The number of benzene rings is 1. The SMILES string of the molecule is CC(C)CCNC(=O)c1coc(CN(CCC(C)C)C(=O)c2ccc3c(c2)OCO3)n1. The predicted molar refractivity (Wildman–Crippen MR) is 115 cm³/mol. The van der Waals surface area contributed by atoms with E-state index >= 15 is 0 Å². The molecule has 0 fully saturated rings. The monoisotopic (exact) mass is 429 g/mol. The van der Waals surface area contributed by atoms with Crippen LogP contribution in [-0.2, 0) is 6.54 Å². The second-order valence-electron chi connectivity index (χ2n) is 8.54. The molecule has 1 N–H and O–H groups in total. The Labute approximate surface area is 182 Å². The van der Waals surface area contributed by atoms with Crippen LogP contribution in [0.2, 0.25) is 0 Å². The van der Waals surface area contributed by atoms with Crippen LogP contribution in [0, 0.1) is 11.8 Å². The van der Waals surface area contributed by atoms with Crippen molar-refractivity contribution in [1.29, 1.82) is 0 Å². The van der Waals surface area contributed by atoms with Crippen LogP contribution in [-0.4, -0.2) is 41.6 Å². The Balaban J connectivity index is 1.69. The zero-order valence-corrected chi connectivity index (χ0v) is 18.6. The second kappa shape index (κ2) is 10.3. The van der Waals surface area contributed by atoms with E-state index in [1.165, 1.54) is 6.26 Å². The molecule has 8 heteroatoms. The molecule has 1 aliphatic rings. The molecule has 2 amide bonds. The van der Waals surface area contributed by atoms with Crippen LogP contribution in [0.4, 0.5) is 0 Å². The van der Waals surface area contributed by atoms with Gasteiger partial charge in [0.2, 0.25) is 12.7 Å². The molecule has 0 saturated heterocycles. The van der Waals surface area contributed by atoms with Gasteiger partial charge < -0.3 is 24.1 Å². The topological polar surface area (TPSA) is 93.9 Å². The Morgan fingerprint density at radius 1 is 1.10 bits per heavy atom. The molecule has 31 heavy (non-hydrogen) atoms. The molecule has 168 valence electrons. The van der Waals surface area contributed by atoms with Crippen molar-refractivity contribution >= 4 is 11.8 Å². The number of oxazole rings is 1. The molecule has 2 aromatic rings. The highest BCUT2D eigenvalue weighted by Crippen LogP contribution is 2.33. The van der Waals surface area contributed by atoms with Crippen LogP contribution in [0.1, 0.15) is 67.3 Å².